The lowest BCUT2D eigenvalue weighted by molar-refractivity contribution is -0.126. The van der Waals surface area contributed by atoms with E-state index in [-0.39, 0.29) is 5.56 Å². The number of Topliss-reactive ketones (excluding diaryl/α,β-unsaturated/α-hetero) is 1. The molecule has 1 N–H and O–H groups in total. The minimum atomic E-state index is -0.594. The zero-order valence-corrected chi connectivity index (χ0v) is 18.5. The Morgan fingerprint density at radius 1 is 1.06 bits per heavy atom. The maximum Gasteiger partial charge on any atom is 0.295 e. The van der Waals surface area contributed by atoms with E-state index in [9.17, 15) is 9.59 Å². The van der Waals surface area contributed by atoms with Crippen molar-refractivity contribution in [3.8, 4) is 11.6 Å². The number of rotatable bonds is 5. The highest BCUT2D eigenvalue weighted by molar-refractivity contribution is 6.45. The Kier molecular flexibility index (Phi) is 5.41. The van der Waals surface area contributed by atoms with Crippen LogP contribution in [0, 0.1) is 0 Å². The third-order valence-corrected chi connectivity index (χ3v) is 6.14. The van der Waals surface area contributed by atoms with E-state index in [1.807, 2.05) is 0 Å². The second-order valence-corrected chi connectivity index (χ2v) is 7.90. The molecular weight excluding hydrogens is 424 g/mol. The van der Waals surface area contributed by atoms with Crippen molar-refractivity contribution in [2.45, 2.75) is 12.8 Å². The molecule has 0 saturated carbocycles. The zero-order valence-electron chi connectivity index (χ0n) is 18.5. The number of nitrogens with zero attached hydrogens (tertiary/aromatic N) is 5. The molecule has 1 saturated heterocycles. The fourth-order valence-electron chi connectivity index (χ4n) is 4.43. The van der Waals surface area contributed by atoms with E-state index in [2.05, 4.69) is 37.0 Å². The minimum absolute atomic E-state index is 0.241. The van der Waals surface area contributed by atoms with Gasteiger partial charge < -0.3 is 24.3 Å². The van der Waals surface area contributed by atoms with Crippen LogP contribution in [0.5, 0.6) is 11.6 Å². The summed E-state index contributed by atoms with van der Waals surface area (Å²) >= 11 is 0. The first kappa shape index (κ1) is 20.9. The maximum absolute atomic E-state index is 13.2. The molecule has 2 aliphatic rings. The van der Waals surface area contributed by atoms with Crippen molar-refractivity contribution in [1.29, 1.82) is 0 Å². The number of piperazine rings is 1. The summed E-state index contributed by atoms with van der Waals surface area (Å²) in [6.45, 7) is 2.03. The van der Waals surface area contributed by atoms with Crippen molar-refractivity contribution in [2.24, 2.45) is 0 Å². The predicted octanol–water partition coefficient (Wildman–Crippen LogP) is 1.86. The van der Waals surface area contributed by atoms with Crippen molar-refractivity contribution >= 4 is 34.5 Å². The summed E-state index contributed by atoms with van der Waals surface area (Å²) in [5, 5.41) is 0.487. The van der Waals surface area contributed by atoms with Gasteiger partial charge in [0.2, 0.25) is 5.88 Å². The van der Waals surface area contributed by atoms with Crippen LogP contribution in [0.3, 0.4) is 0 Å². The topological polar surface area (TPSA) is 114 Å². The van der Waals surface area contributed by atoms with Gasteiger partial charge in [-0.25, -0.2) is 15.0 Å². The Morgan fingerprint density at radius 3 is 2.64 bits per heavy atom. The number of aromatic amines is 1. The third-order valence-electron chi connectivity index (χ3n) is 6.14. The van der Waals surface area contributed by atoms with Gasteiger partial charge in [-0.15, -0.1) is 0 Å². The number of fused-ring (bicyclic) bond motifs is 2. The molecule has 3 aromatic rings. The fourth-order valence-corrected chi connectivity index (χ4v) is 4.43. The number of pyridine rings is 1. The molecule has 1 fully saturated rings. The minimum Gasteiger partial charge on any atom is -0.494 e. The summed E-state index contributed by atoms with van der Waals surface area (Å²) in [6.07, 6.45) is 10.7. The molecule has 0 unspecified atom stereocenters. The average molecular weight is 448 g/mol. The van der Waals surface area contributed by atoms with Crippen LogP contribution in [0.15, 0.2) is 24.8 Å². The first-order valence-corrected chi connectivity index (χ1v) is 10.8. The molecule has 5 rings (SSSR count). The Bertz CT molecular complexity index is 1260. The van der Waals surface area contributed by atoms with Gasteiger partial charge in [0.15, 0.2) is 0 Å². The molecule has 33 heavy (non-hydrogen) atoms. The summed E-state index contributed by atoms with van der Waals surface area (Å²) in [5.74, 6) is 0.472. The number of ketones is 1. The van der Waals surface area contributed by atoms with Crippen LogP contribution in [0.1, 0.15) is 28.0 Å². The van der Waals surface area contributed by atoms with Crippen molar-refractivity contribution < 1.29 is 19.1 Å². The van der Waals surface area contributed by atoms with Gasteiger partial charge in [0.05, 0.1) is 37.1 Å². The Labute approximate surface area is 190 Å². The van der Waals surface area contributed by atoms with E-state index in [1.165, 1.54) is 26.6 Å². The Hall–Kier alpha value is -3.95. The number of amides is 1. The number of hydrogen-bond acceptors (Lipinski definition) is 8. The van der Waals surface area contributed by atoms with Crippen LogP contribution in [0.4, 0.5) is 5.82 Å². The number of nitrogens with one attached hydrogen (secondary N) is 1. The summed E-state index contributed by atoms with van der Waals surface area (Å²) in [7, 11) is 2.98. The van der Waals surface area contributed by atoms with E-state index >= 15 is 0 Å². The van der Waals surface area contributed by atoms with Crippen LogP contribution in [0.2, 0.25) is 0 Å². The number of aromatic nitrogens is 4. The van der Waals surface area contributed by atoms with Gasteiger partial charge >= 0.3 is 0 Å². The largest absolute Gasteiger partial charge is 0.494 e. The summed E-state index contributed by atoms with van der Waals surface area (Å²) < 4.78 is 10.6. The molecule has 4 heterocycles. The van der Waals surface area contributed by atoms with Gasteiger partial charge in [0, 0.05) is 37.9 Å². The maximum atomic E-state index is 13.2. The van der Waals surface area contributed by atoms with Crippen LogP contribution in [0.25, 0.3) is 17.0 Å². The van der Waals surface area contributed by atoms with Crippen LogP contribution >= 0.6 is 0 Å². The Balaban J connectivity index is 1.34. The molecule has 10 heteroatoms. The van der Waals surface area contributed by atoms with Gasteiger partial charge in [0.25, 0.3) is 11.7 Å². The lowest BCUT2D eigenvalue weighted by Gasteiger charge is -2.36. The summed E-state index contributed by atoms with van der Waals surface area (Å²) in [4.78, 5) is 46.0. The van der Waals surface area contributed by atoms with E-state index in [0.29, 0.717) is 48.7 Å². The number of H-pyrrole nitrogens is 1. The number of hydrogen-bond donors (Lipinski definition) is 1. The van der Waals surface area contributed by atoms with E-state index in [0.717, 1.165) is 29.9 Å². The van der Waals surface area contributed by atoms with Crippen molar-refractivity contribution in [3.63, 3.8) is 0 Å². The molecule has 0 aromatic carbocycles. The molecule has 0 radical (unpaired) electrons. The van der Waals surface area contributed by atoms with E-state index in [1.54, 1.807) is 11.2 Å². The number of allylic oxidation sites excluding steroid dienone is 1. The Morgan fingerprint density at radius 2 is 1.88 bits per heavy atom. The lowest BCUT2D eigenvalue weighted by atomic mass is 10.0. The summed E-state index contributed by atoms with van der Waals surface area (Å²) in [6, 6.07) is 0. The number of carbonyl (C=O) groups excluding carboxylic acids is 2. The third kappa shape index (κ3) is 3.57. The molecule has 1 amide bonds. The van der Waals surface area contributed by atoms with Gasteiger partial charge in [-0.1, -0.05) is 12.2 Å². The highest BCUT2D eigenvalue weighted by Gasteiger charge is 2.31. The number of ether oxygens (including phenoxy) is 2. The molecule has 10 nitrogen and oxygen atoms in total. The molecule has 1 aliphatic heterocycles. The predicted molar refractivity (Wildman–Crippen MR) is 122 cm³/mol. The first-order valence-electron chi connectivity index (χ1n) is 10.8. The number of aryl methyl sites for hydroxylation is 1. The average Bonchev–Trinajstić information content (AvgIpc) is 3.32. The second kappa shape index (κ2) is 8.53. The van der Waals surface area contributed by atoms with Crippen molar-refractivity contribution in [3.05, 3.63) is 41.6 Å². The standard InChI is InChI=1S/C23H24N6O4/c1-32-17-12-25-22(33-2)19-18(17)15(11-24-19)20(30)23(31)29-9-7-28(8-10-29)21-14-5-3-4-6-16(14)26-13-27-21/h3,5,11-13,24H,4,6-10H2,1-2H3. The quantitative estimate of drug-likeness (QED) is 0.465. The van der Waals surface area contributed by atoms with Crippen LogP contribution < -0.4 is 14.4 Å². The van der Waals surface area contributed by atoms with E-state index in [4.69, 9.17) is 9.47 Å². The second-order valence-electron chi connectivity index (χ2n) is 7.90. The molecule has 0 atom stereocenters. The van der Waals surface area contributed by atoms with Gasteiger partial charge in [0.1, 0.15) is 23.4 Å². The van der Waals surface area contributed by atoms with Crippen molar-refractivity contribution in [1.82, 2.24) is 24.8 Å². The van der Waals surface area contributed by atoms with Gasteiger partial charge in [-0.2, -0.15) is 0 Å². The van der Waals surface area contributed by atoms with E-state index < -0.39 is 11.7 Å². The molecule has 0 spiro atoms. The highest BCUT2D eigenvalue weighted by Crippen LogP contribution is 2.33. The molecule has 1 aliphatic carbocycles. The summed E-state index contributed by atoms with van der Waals surface area (Å²) in [5.41, 5.74) is 2.85. The lowest BCUT2D eigenvalue weighted by Crippen LogP contribution is -2.51. The molecule has 170 valence electrons. The zero-order chi connectivity index (χ0) is 22.9. The molecular formula is C23H24N6O4. The number of carbonyl (C=O) groups is 2. The first-order chi connectivity index (χ1) is 16.1. The monoisotopic (exact) mass is 448 g/mol. The van der Waals surface area contributed by atoms with Crippen molar-refractivity contribution in [2.75, 3.05) is 45.3 Å². The van der Waals surface area contributed by atoms with Crippen LogP contribution in [-0.2, 0) is 11.2 Å². The number of methoxy groups -OCH3 is 2. The molecule has 0 bridgehead atoms. The fraction of sp³-hybridized carbons (Fsp3) is 0.348. The van der Waals surface area contributed by atoms with Crippen LogP contribution in [-0.4, -0.2) is 76.9 Å². The highest BCUT2D eigenvalue weighted by atomic mass is 16.5. The normalized spacial score (nSPS) is 15.5. The van der Waals surface area contributed by atoms with Gasteiger partial charge in [-0.05, 0) is 12.8 Å². The molecule has 3 aromatic heterocycles. The number of anilines is 1. The SMILES string of the molecule is COc1ncc(OC)c2c(C(=O)C(=O)N3CCN(c4ncnc5c4C=CCC5)CC3)c[nH]c12. The smallest absolute Gasteiger partial charge is 0.295 e. The van der Waals surface area contributed by atoms with Gasteiger partial charge in [-0.3, -0.25) is 9.59 Å².